The van der Waals surface area contributed by atoms with Gasteiger partial charge in [0, 0.05) is 12.3 Å². The van der Waals surface area contributed by atoms with Crippen molar-refractivity contribution in [3.63, 3.8) is 0 Å². The van der Waals surface area contributed by atoms with Gasteiger partial charge in [0.05, 0.1) is 35.4 Å². The highest BCUT2D eigenvalue weighted by Crippen LogP contribution is 2.33. The van der Waals surface area contributed by atoms with Gasteiger partial charge in [-0.3, -0.25) is 5.84 Å². The van der Waals surface area contributed by atoms with E-state index in [9.17, 15) is 18.3 Å². The standard InChI is InChI=1S/C18H20N4O5S/c1-3-27-13-9-15(14-5-4-6-20-14)22(10-13)16-8-12(18(23)24)7-11(2)17(16)28(25,26)21-19/h4-10,20-21H,3,19H2,1-2H3,(H,23,24). The van der Waals surface area contributed by atoms with E-state index in [1.165, 1.54) is 19.1 Å². The topological polar surface area (TPSA) is 139 Å². The number of aryl methyl sites for hydroxylation is 1. The van der Waals surface area contributed by atoms with Crippen LogP contribution in [0.4, 0.5) is 0 Å². The molecule has 2 heterocycles. The van der Waals surface area contributed by atoms with Crippen molar-refractivity contribution >= 4 is 16.0 Å². The normalized spacial score (nSPS) is 11.5. The predicted molar refractivity (Wildman–Crippen MR) is 103 cm³/mol. The number of hydrazine groups is 1. The first-order valence-corrected chi connectivity index (χ1v) is 9.86. The second-order valence-corrected chi connectivity index (χ2v) is 7.67. The Morgan fingerprint density at radius 1 is 1.36 bits per heavy atom. The van der Waals surface area contributed by atoms with Crippen LogP contribution in [0.3, 0.4) is 0 Å². The number of carboxylic acid groups (broad SMARTS) is 1. The van der Waals surface area contributed by atoms with Crippen LogP contribution in [0, 0.1) is 6.92 Å². The van der Waals surface area contributed by atoms with Crippen LogP contribution in [-0.4, -0.2) is 35.7 Å². The van der Waals surface area contributed by atoms with Gasteiger partial charge in [-0.05, 0) is 43.7 Å². The Morgan fingerprint density at radius 3 is 2.68 bits per heavy atom. The van der Waals surface area contributed by atoms with Crippen LogP contribution < -0.4 is 15.4 Å². The highest BCUT2D eigenvalue weighted by atomic mass is 32.2. The van der Waals surface area contributed by atoms with Gasteiger partial charge in [0.2, 0.25) is 0 Å². The number of aromatic amines is 1. The summed E-state index contributed by atoms with van der Waals surface area (Å²) in [5, 5.41) is 9.44. The first-order valence-electron chi connectivity index (χ1n) is 8.38. The Bertz CT molecular complexity index is 1120. The maximum Gasteiger partial charge on any atom is 0.335 e. The molecule has 0 saturated carbocycles. The van der Waals surface area contributed by atoms with Gasteiger partial charge in [-0.25, -0.2) is 13.2 Å². The summed E-state index contributed by atoms with van der Waals surface area (Å²) in [7, 11) is -4.08. The number of nitrogens with zero attached hydrogens (tertiary/aromatic N) is 1. The van der Waals surface area contributed by atoms with Crippen LogP contribution in [0.15, 0.2) is 47.6 Å². The fourth-order valence-electron chi connectivity index (χ4n) is 3.05. The lowest BCUT2D eigenvalue weighted by Gasteiger charge is -2.16. The maximum atomic E-state index is 12.6. The monoisotopic (exact) mass is 404 g/mol. The predicted octanol–water partition coefficient (Wildman–Crippen LogP) is 2.03. The SMILES string of the molecule is CCOc1cc(-c2ccc[nH]2)n(-c2cc(C(=O)O)cc(C)c2S(=O)(=O)NN)c1. The minimum Gasteiger partial charge on any atom is -0.492 e. The summed E-state index contributed by atoms with van der Waals surface area (Å²) in [5.74, 6) is 4.58. The third-order valence-corrected chi connectivity index (χ3v) is 5.54. The molecular weight excluding hydrogens is 384 g/mol. The largest absolute Gasteiger partial charge is 0.492 e. The minimum absolute atomic E-state index is 0.0485. The van der Waals surface area contributed by atoms with Gasteiger partial charge in [0.1, 0.15) is 10.6 Å². The molecule has 5 N–H and O–H groups in total. The van der Waals surface area contributed by atoms with Crippen LogP contribution in [0.1, 0.15) is 22.8 Å². The molecule has 0 radical (unpaired) electrons. The highest BCUT2D eigenvalue weighted by Gasteiger charge is 2.25. The third-order valence-electron chi connectivity index (χ3n) is 4.17. The van der Waals surface area contributed by atoms with Crippen molar-refractivity contribution in [1.82, 2.24) is 14.4 Å². The van der Waals surface area contributed by atoms with Gasteiger partial charge in [-0.2, -0.15) is 0 Å². The fraction of sp³-hybridized carbons (Fsp3) is 0.167. The van der Waals surface area contributed by atoms with Gasteiger partial charge >= 0.3 is 5.97 Å². The molecule has 9 nitrogen and oxygen atoms in total. The molecule has 3 rings (SSSR count). The smallest absolute Gasteiger partial charge is 0.335 e. The Labute approximate surface area is 161 Å². The van der Waals surface area contributed by atoms with E-state index in [2.05, 4.69) is 4.98 Å². The Balaban J connectivity index is 2.38. The number of hydrogen-bond donors (Lipinski definition) is 4. The number of rotatable bonds is 7. The molecule has 3 aromatic rings. The zero-order valence-electron chi connectivity index (χ0n) is 15.3. The van der Waals surface area contributed by atoms with E-state index >= 15 is 0 Å². The molecule has 0 fully saturated rings. The molecule has 0 unspecified atom stereocenters. The number of ether oxygens (including phenoxy) is 1. The fourth-order valence-corrected chi connectivity index (χ4v) is 4.08. The lowest BCUT2D eigenvalue weighted by Crippen LogP contribution is -2.31. The Morgan fingerprint density at radius 2 is 2.11 bits per heavy atom. The van der Waals surface area contributed by atoms with Crippen LogP contribution in [-0.2, 0) is 10.0 Å². The van der Waals surface area contributed by atoms with Crippen molar-refractivity contribution in [2.45, 2.75) is 18.7 Å². The van der Waals surface area contributed by atoms with E-state index in [-0.39, 0.29) is 21.7 Å². The number of carbonyl (C=O) groups is 1. The van der Waals surface area contributed by atoms with Gasteiger partial charge in [0.25, 0.3) is 10.0 Å². The summed E-state index contributed by atoms with van der Waals surface area (Å²) >= 11 is 0. The molecule has 28 heavy (non-hydrogen) atoms. The number of hydrogen-bond acceptors (Lipinski definition) is 5. The van der Waals surface area contributed by atoms with E-state index in [4.69, 9.17) is 10.6 Å². The lowest BCUT2D eigenvalue weighted by atomic mass is 10.1. The molecular formula is C18H20N4O5S. The molecule has 0 atom stereocenters. The van der Waals surface area contributed by atoms with Crippen molar-refractivity contribution in [3.05, 3.63) is 53.9 Å². The molecule has 10 heteroatoms. The van der Waals surface area contributed by atoms with E-state index < -0.39 is 16.0 Å². The van der Waals surface area contributed by atoms with Crippen LogP contribution >= 0.6 is 0 Å². The Kier molecular flexibility index (Phi) is 5.27. The van der Waals surface area contributed by atoms with Gasteiger partial charge < -0.3 is 19.4 Å². The average Bonchev–Trinajstić information content (AvgIpc) is 3.30. The molecule has 0 aliphatic rings. The van der Waals surface area contributed by atoms with E-state index in [0.29, 0.717) is 23.7 Å². The number of sulfonamides is 1. The molecule has 148 valence electrons. The summed E-state index contributed by atoms with van der Waals surface area (Å²) in [6.45, 7) is 3.76. The van der Waals surface area contributed by atoms with Crippen molar-refractivity contribution < 1.29 is 23.1 Å². The van der Waals surface area contributed by atoms with Crippen molar-refractivity contribution in [2.75, 3.05) is 6.61 Å². The number of benzene rings is 1. The minimum atomic E-state index is -4.08. The number of H-pyrrole nitrogens is 1. The summed E-state index contributed by atoms with van der Waals surface area (Å²) in [6, 6.07) is 7.93. The van der Waals surface area contributed by atoms with Crippen molar-refractivity contribution in [2.24, 2.45) is 5.84 Å². The van der Waals surface area contributed by atoms with Gasteiger partial charge in [-0.15, -0.1) is 4.83 Å². The van der Waals surface area contributed by atoms with Crippen LogP contribution in [0.5, 0.6) is 5.75 Å². The molecule has 0 amide bonds. The van der Waals surface area contributed by atoms with Gasteiger partial charge in [0.15, 0.2) is 0 Å². The summed E-state index contributed by atoms with van der Waals surface area (Å²) in [5.41, 5.74) is 1.65. The molecule has 0 spiro atoms. The summed E-state index contributed by atoms with van der Waals surface area (Å²) in [4.78, 5) is 16.3. The summed E-state index contributed by atoms with van der Waals surface area (Å²) < 4.78 is 32.3. The van der Waals surface area contributed by atoms with Gasteiger partial charge in [-0.1, -0.05) is 0 Å². The molecule has 2 aromatic heterocycles. The van der Waals surface area contributed by atoms with E-state index in [1.807, 2.05) is 17.8 Å². The molecule has 0 aliphatic heterocycles. The molecule has 0 saturated heterocycles. The number of nitrogens with one attached hydrogen (secondary N) is 2. The molecule has 0 bridgehead atoms. The lowest BCUT2D eigenvalue weighted by molar-refractivity contribution is 0.0696. The highest BCUT2D eigenvalue weighted by molar-refractivity contribution is 7.89. The quantitative estimate of drug-likeness (QED) is 0.351. The molecule has 1 aromatic carbocycles. The van der Waals surface area contributed by atoms with Crippen molar-refractivity contribution in [1.29, 1.82) is 0 Å². The second kappa shape index (κ2) is 7.50. The zero-order chi connectivity index (χ0) is 20.5. The van der Waals surface area contributed by atoms with E-state index in [0.717, 1.165) is 0 Å². The molecule has 0 aliphatic carbocycles. The zero-order valence-corrected chi connectivity index (χ0v) is 16.1. The number of aromatic nitrogens is 2. The van der Waals surface area contributed by atoms with Crippen LogP contribution in [0.2, 0.25) is 0 Å². The maximum absolute atomic E-state index is 12.6. The average molecular weight is 404 g/mol. The van der Waals surface area contributed by atoms with Crippen molar-refractivity contribution in [3.8, 4) is 22.8 Å². The number of carboxylic acids is 1. The number of nitrogens with two attached hydrogens (primary N) is 1. The van der Waals surface area contributed by atoms with Crippen LogP contribution in [0.25, 0.3) is 17.1 Å². The Hall–Kier alpha value is -3.08. The number of aromatic carboxylic acids is 1. The third kappa shape index (κ3) is 3.52. The van der Waals surface area contributed by atoms with E-state index in [1.54, 1.807) is 29.1 Å². The summed E-state index contributed by atoms with van der Waals surface area (Å²) in [6.07, 6.45) is 3.33. The second-order valence-electron chi connectivity index (χ2n) is 6.02. The first kappa shape index (κ1) is 19.7. The first-order chi connectivity index (χ1) is 13.3.